The number of alkyl halides is 2. The van der Waals surface area contributed by atoms with Gasteiger partial charge in [-0.15, -0.1) is 0 Å². The fourth-order valence-corrected chi connectivity index (χ4v) is 4.12. The molecule has 0 bridgehead atoms. The minimum absolute atomic E-state index is 0.107. The van der Waals surface area contributed by atoms with E-state index >= 15 is 0 Å². The molecule has 2 heterocycles. The number of hydrogen-bond acceptors (Lipinski definition) is 6. The number of carbonyl (C=O) groups excluding carboxylic acids is 1. The molecule has 0 spiro atoms. The lowest BCUT2D eigenvalue weighted by atomic mass is 9.95. The van der Waals surface area contributed by atoms with E-state index < -0.39 is 30.3 Å². The van der Waals surface area contributed by atoms with Crippen LogP contribution in [0, 0.1) is 11.3 Å². The first kappa shape index (κ1) is 27.4. The second kappa shape index (κ2) is 10.8. The summed E-state index contributed by atoms with van der Waals surface area (Å²) in [5.41, 5.74) is 1.23. The number of nitriles is 1. The summed E-state index contributed by atoms with van der Waals surface area (Å²) in [6.45, 7) is 6.17. The SMILES string of the molecule is CN(C)/C=N/c1ccc(C2=CCN(C(=O)OC(C)(C)C)CC2)c(O[C@@H]2CCN(C)CC2(F)F)c1C#N. The van der Waals surface area contributed by atoms with Crippen molar-refractivity contribution in [1.29, 1.82) is 5.26 Å². The number of halogens is 2. The van der Waals surface area contributed by atoms with Crippen molar-refractivity contribution in [2.24, 2.45) is 4.99 Å². The Labute approximate surface area is 211 Å². The molecule has 2 aliphatic rings. The van der Waals surface area contributed by atoms with Crippen molar-refractivity contribution < 1.29 is 23.0 Å². The molecule has 1 aromatic carbocycles. The molecule has 0 radical (unpaired) electrons. The van der Waals surface area contributed by atoms with Crippen molar-refractivity contribution in [3.05, 3.63) is 29.3 Å². The van der Waals surface area contributed by atoms with Crippen LogP contribution in [0.15, 0.2) is 23.2 Å². The summed E-state index contributed by atoms with van der Waals surface area (Å²) >= 11 is 0. The summed E-state index contributed by atoms with van der Waals surface area (Å²) in [6, 6.07) is 5.56. The van der Waals surface area contributed by atoms with E-state index in [0.29, 0.717) is 37.3 Å². The van der Waals surface area contributed by atoms with E-state index in [1.54, 1.807) is 54.3 Å². The average molecular weight is 504 g/mol. The molecule has 0 unspecified atom stereocenters. The van der Waals surface area contributed by atoms with Gasteiger partial charge in [0.25, 0.3) is 5.92 Å². The van der Waals surface area contributed by atoms with Gasteiger partial charge < -0.3 is 24.2 Å². The van der Waals surface area contributed by atoms with Crippen molar-refractivity contribution in [2.45, 2.75) is 51.2 Å². The Morgan fingerprint density at radius 2 is 2.03 bits per heavy atom. The fourth-order valence-electron chi connectivity index (χ4n) is 4.12. The highest BCUT2D eigenvalue weighted by Gasteiger charge is 2.46. The molecule has 1 atom stereocenters. The Morgan fingerprint density at radius 1 is 1.31 bits per heavy atom. The minimum atomic E-state index is -3.08. The monoisotopic (exact) mass is 503 g/mol. The Balaban J connectivity index is 1.98. The Hall–Kier alpha value is -3.19. The molecule has 1 fully saturated rings. The van der Waals surface area contributed by atoms with Gasteiger partial charge in [-0.3, -0.25) is 0 Å². The molecule has 1 amide bonds. The van der Waals surface area contributed by atoms with E-state index in [-0.39, 0.29) is 17.7 Å². The second-order valence-electron chi connectivity index (χ2n) is 10.5. The van der Waals surface area contributed by atoms with E-state index in [4.69, 9.17) is 9.47 Å². The summed E-state index contributed by atoms with van der Waals surface area (Å²) in [5.74, 6) is -2.97. The molecule has 0 aliphatic carbocycles. The van der Waals surface area contributed by atoms with Gasteiger partial charge in [0.05, 0.1) is 18.6 Å². The molecule has 0 N–H and O–H groups in total. The summed E-state index contributed by atoms with van der Waals surface area (Å²) in [4.78, 5) is 21.7. The highest BCUT2D eigenvalue weighted by molar-refractivity contribution is 5.80. The van der Waals surface area contributed by atoms with Crippen molar-refractivity contribution in [3.8, 4) is 11.8 Å². The van der Waals surface area contributed by atoms with E-state index in [2.05, 4.69) is 11.1 Å². The van der Waals surface area contributed by atoms with Gasteiger partial charge in [0, 0.05) is 45.7 Å². The van der Waals surface area contributed by atoms with Crippen LogP contribution in [0.5, 0.6) is 5.75 Å². The predicted molar refractivity (Wildman–Crippen MR) is 135 cm³/mol. The molecule has 1 saturated heterocycles. The third-order valence-electron chi connectivity index (χ3n) is 5.87. The number of nitrogens with zero attached hydrogens (tertiary/aromatic N) is 5. The Morgan fingerprint density at radius 3 is 2.58 bits per heavy atom. The predicted octanol–water partition coefficient (Wildman–Crippen LogP) is 4.52. The molecule has 0 saturated carbocycles. The zero-order valence-corrected chi connectivity index (χ0v) is 21.8. The van der Waals surface area contributed by atoms with Crippen molar-refractivity contribution >= 4 is 23.7 Å². The number of ether oxygens (including phenoxy) is 2. The van der Waals surface area contributed by atoms with Gasteiger partial charge in [0.15, 0.2) is 6.10 Å². The van der Waals surface area contributed by atoms with Crippen LogP contribution in [0.1, 0.15) is 44.7 Å². The quantitative estimate of drug-likeness (QED) is 0.434. The van der Waals surface area contributed by atoms with Gasteiger partial charge in [0.2, 0.25) is 0 Å². The van der Waals surface area contributed by atoms with Gasteiger partial charge in [-0.1, -0.05) is 6.08 Å². The maximum absolute atomic E-state index is 14.9. The number of piperidine rings is 1. The van der Waals surface area contributed by atoms with Crippen LogP contribution in [0.25, 0.3) is 5.57 Å². The number of amides is 1. The van der Waals surface area contributed by atoms with Crippen LogP contribution in [0.3, 0.4) is 0 Å². The van der Waals surface area contributed by atoms with E-state index in [9.17, 15) is 18.8 Å². The fraction of sp³-hybridized carbons (Fsp3) is 0.577. The number of aliphatic imine (C=N–C) groups is 1. The normalized spacial score (nSPS) is 20.6. The van der Waals surface area contributed by atoms with Crippen molar-refractivity contribution in [3.63, 3.8) is 0 Å². The van der Waals surface area contributed by atoms with Crippen LogP contribution < -0.4 is 4.74 Å². The molecular weight excluding hydrogens is 468 g/mol. The maximum atomic E-state index is 14.9. The number of hydrogen-bond donors (Lipinski definition) is 0. The Bertz CT molecular complexity index is 1070. The summed E-state index contributed by atoms with van der Waals surface area (Å²) in [7, 11) is 5.24. The van der Waals surface area contributed by atoms with Gasteiger partial charge in [0.1, 0.15) is 23.0 Å². The largest absolute Gasteiger partial charge is 0.482 e. The molecule has 1 aromatic rings. The lowest BCUT2D eigenvalue weighted by Gasteiger charge is -2.37. The molecule has 8 nitrogen and oxygen atoms in total. The minimum Gasteiger partial charge on any atom is -0.482 e. The van der Waals surface area contributed by atoms with Crippen LogP contribution in [0.4, 0.5) is 19.3 Å². The molecule has 196 valence electrons. The van der Waals surface area contributed by atoms with Crippen molar-refractivity contribution in [2.75, 3.05) is 47.3 Å². The van der Waals surface area contributed by atoms with Gasteiger partial charge in [-0.25, -0.2) is 18.6 Å². The number of rotatable bonds is 5. The van der Waals surface area contributed by atoms with Gasteiger partial charge in [-0.05, 0) is 51.9 Å². The highest BCUT2D eigenvalue weighted by Crippen LogP contribution is 2.41. The third kappa shape index (κ3) is 6.72. The van der Waals surface area contributed by atoms with Crippen LogP contribution in [-0.2, 0) is 4.74 Å². The zero-order valence-electron chi connectivity index (χ0n) is 21.8. The first-order chi connectivity index (χ1) is 16.8. The maximum Gasteiger partial charge on any atom is 0.410 e. The van der Waals surface area contributed by atoms with Crippen LogP contribution in [0.2, 0.25) is 0 Å². The summed E-state index contributed by atoms with van der Waals surface area (Å²) < 4.78 is 41.2. The molecular formula is C26H35F2N5O3. The number of carbonyl (C=O) groups is 1. The van der Waals surface area contributed by atoms with Gasteiger partial charge >= 0.3 is 6.09 Å². The molecule has 2 aliphatic heterocycles. The second-order valence-corrected chi connectivity index (χ2v) is 10.5. The summed E-state index contributed by atoms with van der Waals surface area (Å²) in [6.07, 6.45) is 2.21. The molecule has 3 rings (SSSR count). The van der Waals surface area contributed by atoms with Crippen LogP contribution >= 0.6 is 0 Å². The Kier molecular flexibility index (Phi) is 8.24. The molecule has 10 heteroatoms. The van der Waals surface area contributed by atoms with E-state index in [1.165, 1.54) is 0 Å². The van der Waals surface area contributed by atoms with E-state index in [1.807, 2.05) is 26.8 Å². The standard InChI is InChI=1S/C26H35F2N5O3/c1-25(2,3)36-24(34)33-13-9-18(10-14-33)19-7-8-21(30-17-31(4)5)20(15-29)23(19)35-22-11-12-32(6)16-26(22,27)28/h7-9,17,22H,10-14,16H2,1-6H3/b30-17+/t22-/m1/s1. The topological polar surface area (TPSA) is 81.4 Å². The lowest BCUT2D eigenvalue weighted by Crippen LogP contribution is -2.52. The smallest absolute Gasteiger partial charge is 0.410 e. The zero-order chi connectivity index (χ0) is 26.7. The average Bonchev–Trinajstić information content (AvgIpc) is 2.78. The molecule has 0 aromatic heterocycles. The first-order valence-corrected chi connectivity index (χ1v) is 12.0. The highest BCUT2D eigenvalue weighted by atomic mass is 19.3. The number of benzene rings is 1. The van der Waals surface area contributed by atoms with Crippen molar-refractivity contribution in [1.82, 2.24) is 14.7 Å². The molecule has 36 heavy (non-hydrogen) atoms. The van der Waals surface area contributed by atoms with E-state index in [0.717, 1.165) is 5.57 Å². The van der Waals surface area contributed by atoms with Crippen LogP contribution in [-0.4, -0.2) is 92.1 Å². The first-order valence-electron chi connectivity index (χ1n) is 12.0. The van der Waals surface area contributed by atoms with Gasteiger partial charge in [-0.2, -0.15) is 5.26 Å². The lowest BCUT2D eigenvalue weighted by molar-refractivity contribution is -0.135. The summed E-state index contributed by atoms with van der Waals surface area (Å²) in [5, 5.41) is 10.0. The number of likely N-dealkylation sites (tertiary alicyclic amines) is 1. The third-order valence-corrected chi connectivity index (χ3v) is 5.87.